The zero-order chi connectivity index (χ0) is 26.9. The first-order valence-corrected chi connectivity index (χ1v) is 13.0. The summed E-state index contributed by atoms with van der Waals surface area (Å²) in [6.45, 7) is 16.7. The summed E-state index contributed by atoms with van der Waals surface area (Å²) in [5.74, 6) is -3.46. The first-order valence-electron chi connectivity index (χ1n) is 13.0. The molecule has 2 fully saturated rings. The van der Waals surface area contributed by atoms with Crippen molar-refractivity contribution >= 4 is 23.6 Å². The Kier molecular flexibility index (Phi) is 9.18. The lowest BCUT2D eigenvalue weighted by molar-refractivity contribution is -0.172. The van der Waals surface area contributed by atoms with Crippen molar-refractivity contribution in [3.8, 4) is 0 Å². The summed E-state index contributed by atoms with van der Waals surface area (Å²) in [4.78, 5) is 52.8. The molecule has 0 aromatic heterocycles. The number of alkyl carbamates (subject to hydrolysis) is 1. The van der Waals surface area contributed by atoms with Gasteiger partial charge in [0.05, 0.1) is 11.6 Å². The van der Waals surface area contributed by atoms with Gasteiger partial charge in [0.15, 0.2) is 5.60 Å². The molecule has 1 unspecified atom stereocenters. The van der Waals surface area contributed by atoms with Gasteiger partial charge in [-0.05, 0) is 45.4 Å². The van der Waals surface area contributed by atoms with E-state index in [-0.39, 0.29) is 23.4 Å². The van der Waals surface area contributed by atoms with Crippen molar-refractivity contribution in [1.82, 2.24) is 5.32 Å². The van der Waals surface area contributed by atoms with E-state index in [1.807, 2.05) is 27.7 Å². The number of ketones is 2. The van der Waals surface area contributed by atoms with Gasteiger partial charge in [0.1, 0.15) is 23.6 Å². The number of cyclic esters (lactones) is 1. The molecule has 1 N–H and O–H groups in total. The average Bonchev–Trinajstić information content (AvgIpc) is 3.13. The van der Waals surface area contributed by atoms with Crippen LogP contribution in [-0.2, 0) is 28.6 Å². The predicted octanol–water partition coefficient (Wildman–Crippen LogP) is 4.33. The van der Waals surface area contributed by atoms with Crippen LogP contribution in [-0.4, -0.2) is 54.1 Å². The van der Waals surface area contributed by atoms with Crippen molar-refractivity contribution in [3.05, 3.63) is 0 Å². The van der Waals surface area contributed by atoms with Crippen LogP contribution in [0.2, 0.25) is 0 Å². The molecule has 35 heavy (non-hydrogen) atoms. The minimum atomic E-state index is -1.25. The number of Topliss-reactive ketones (excluding diaryl/α,β-unsaturated/α-hetero) is 2. The van der Waals surface area contributed by atoms with E-state index < -0.39 is 59.1 Å². The van der Waals surface area contributed by atoms with Crippen LogP contribution in [0.3, 0.4) is 0 Å². The number of ether oxygens (including phenoxy) is 3. The minimum absolute atomic E-state index is 0.0382. The van der Waals surface area contributed by atoms with Gasteiger partial charge in [-0.1, -0.05) is 48.0 Å². The van der Waals surface area contributed by atoms with E-state index in [0.29, 0.717) is 12.8 Å². The number of hydrogen-bond donors (Lipinski definition) is 1. The van der Waals surface area contributed by atoms with E-state index in [0.717, 1.165) is 6.42 Å². The molecular formula is C27H45NO7. The van der Waals surface area contributed by atoms with E-state index >= 15 is 0 Å². The van der Waals surface area contributed by atoms with Gasteiger partial charge < -0.3 is 19.5 Å². The molecule has 10 atom stereocenters. The number of carbonyl (C=O) groups is 4. The number of methoxy groups -OCH3 is 1. The van der Waals surface area contributed by atoms with Gasteiger partial charge in [-0.15, -0.1) is 0 Å². The molecule has 2 aliphatic rings. The Hall–Kier alpha value is -1.96. The first-order chi connectivity index (χ1) is 16.2. The fraction of sp³-hybridized carbons (Fsp3) is 0.852. The molecule has 8 nitrogen and oxygen atoms in total. The van der Waals surface area contributed by atoms with Crippen LogP contribution in [0, 0.1) is 35.5 Å². The highest BCUT2D eigenvalue weighted by atomic mass is 16.6. The van der Waals surface area contributed by atoms with Crippen molar-refractivity contribution in [2.45, 2.75) is 105 Å². The molecule has 0 aromatic carbocycles. The number of carbonyl (C=O) groups excluding carboxylic acids is 4. The molecule has 0 aliphatic carbocycles. The van der Waals surface area contributed by atoms with Gasteiger partial charge in [0, 0.05) is 24.9 Å². The number of amides is 1. The van der Waals surface area contributed by atoms with Crippen LogP contribution in [0.15, 0.2) is 0 Å². The Balaban J connectivity index is 2.65. The zero-order valence-electron chi connectivity index (χ0n) is 23.1. The van der Waals surface area contributed by atoms with Gasteiger partial charge in [-0.25, -0.2) is 4.79 Å². The lowest BCUT2D eigenvalue weighted by Gasteiger charge is -2.45. The normalized spacial score (nSPS) is 42.4. The monoisotopic (exact) mass is 495 g/mol. The molecule has 200 valence electrons. The number of esters is 1. The molecule has 0 saturated carbocycles. The topological polar surface area (TPSA) is 108 Å². The summed E-state index contributed by atoms with van der Waals surface area (Å²) in [5.41, 5.74) is -2.03. The Bertz CT molecular complexity index is 828. The molecule has 0 aromatic rings. The lowest BCUT2D eigenvalue weighted by atomic mass is 9.65. The van der Waals surface area contributed by atoms with Crippen molar-refractivity contribution in [1.29, 1.82) is 0 Å². The summed E-state index contributed by atoms with van der Waals surface area (Å²) < 4.78 is 17.5. The largest absolute Gasteiger partial charge is 0.458 e. The SMILES string of the molecule is CCC(C)[C@@H]1[C@@H](C)C(=O)[C@@H](C)C(=O)O[C@H](CC)[C@@]2(C)OC(=O)N[C@@H]2[C@@H](C)C(=O)[C@H](C)C[C@@]1(C)OC. The second-order valence-electron chi connectivity index (χ2n) is 11.2. The summed E-state index contributed by atoms with van der Waals surface area (Å²) in [6.07, 6.45) is 0.124. The Morgan fingerprint density at radius 3 is 2.14 bits per heavy atom. The molecule has 2 saturated heterocycles. The Morgan fingerprint density at radius 1 is 1.03 bits per heavy atom. The predicted molar refractivity (Wildman–Crippen MR) is 132 cm³/mol. The summed E-state index contributed by atoms with van der Waals surface area (Å²) in [7, 11) is 1.61. The standard InChI is InChI=1S/C27H45NO7/c1-11-14(3)20-16(5)22(30)18(7)24(31)34-19(12-2)27(9)23(28-25(32)35-27)17(6)21(29)15(4)13-26(20,8)33-10/h14-20,23H,11-13H2,1-10H3,(H,28,32)/t14?,15-,16-,17+,18-,19-,20-,23-,26-,27-/m1/s1. The highest BCUT2D eigenvalue weighted by molar-refractivity contribution is 6.00. The van der Waals surface area contributed by atoms with Crippen LogP contribution < -0.4 is 5.32 Å². The molecule has 0 radical (unpaired) electrons. The van der Waals surface area contributed by atoms with Gasteiger partial charge in [0.2, 0.25) is 0 Å². The molecule has 0 spiro atoms. The molecule has 1 amide bonds. The number of hydrogen-bond acceptors (Lipinski definition) is 7. The van der Waals surface area contributed by atoms with Gasteiger partial charge in [-0.3, -0.25) is 14.4 Å². The lowest BCUT2D eigenvalue weighted by Crippen LogP contribution is -2.57. The smallest absolute Gasteiger partial charge is 0.408 e. The summed E-state index contributed by atoms with van der Waals surface area (Å²) >= 11 is 0. The fourth-order valence-corrected chi connectivity index (χ4v) is 6.54. The Labute approximate surface area is 210 Å². The van der Waals surface area contributed by atoms with Crippen LogP contribution in [0.5, 0.6) is 0 Å². The number of rotatable bonds is 4. The quantitative estimate of drug-likeness (QED) is 0.457. The van der Waals surface area contributed by atoms with Crippen molar-refractivity contribution in [2.24, 2.45) is 35.5 Å². The maximum absolute atomic E-state index is 13.7. The highest BCUT2D eigenvalue weighted by Gasteiger charge is 2.56. The van der Waals surface area contributed by atoms with E-state index in [9.17, 15) is 19.2 Å². The van der Waals surface area contributed by atoms with Crippen molar-refractivity contribution in [3.63, 3.8) is 0 Å². The molecule has 2 rings (SSSR count). The van der Waals surface area contributed by atoms with Crippen LogP contribution in [0.1, 0.15) is 81.6 Å². The zero-order valence-corrected chi connectivity index (χ0v) is 23.1. The van der Waals surface area contributed by atoms with Crippen LogP contribution in [0.25, 0.3) is 0 Å². The fourth-order valence-electron chi connectivity index (χ4n) is 6.54. The molecular weight excluding hydrogens is 450 g/mol. The first kappa shape index (κ1) is 29.3. The maximum atomic E-state index is 13.7. The van der Waals surface area contributed by atoms with E-state index in [1.165, 1.54) is 0 Å². The molecule has 2 aliphatic heterocycles. The second kappa shape index (κ2) is 11.0. The van der Waals surface area contributed by atoms with Gasteiger partial charge in [0.25, 0.3) is 0 Å². The van der Waals surface area contributed by atoms with Crippen molar-refractivity contribution in [2.75, 3.05) is 7.11 Å². The molecule has 8 heteroatoms. The maximum Gasteiger partial charge on any atom is 0.408 e. The van der Waals surface area contributed by atoms with Gasteiger partial charge >= 0.3 is 12.1 Å². The number of nitrogens with one attached hydrogen (secondary N) is 1. The van der Waals surface area contributed by atoms with E-state index in [4.69, 9.17) is 14.2 Å². The van der Waals surface area contributed by atoms with Crippen LogP contribution in [0.4, 0.5) is 4.79 Å². The molecule has 0 bridgehead atoms. The third kappa shape index (κ3) is 5.42. The van der Waals surface area contributed by atoms with Crippen LogP contribution >= 0.6 is 0 Å². The summed E-state index contributed by atoms with van der Waals surface area (Å²) in [6, 6.07) is -0.685. The third-order valence-electron chi connectivity index (χ3n) is 8.81. The van der Waals surface area contributed by atoms with E-state index in [1.54, 1.807) is 27.9 Å². The average molecular weight is 496 g/mol. The highest BCUT2D eigenvalue weighted by Crippen LogP contribution is 2.43. The summed E-state index contributed by atoms with van der Waals surface area (Å²) in [5, 5.41) is 2.78. The Morgan fingerprint density at radius 2 is 1.63 bits per heavy atom. The third-order valence-corrected chi connectivity index (χ3v) is 8.81. The molecule has 2 heterocycles. The van der Waals surface area contributed by atoms with Crippen molar-refractivity contribution < 1.29 is 33.4 Å². The second-order valence-corrected chi connectivity index (χ2v) is 11.2. The van der Waals surface area contributed by atoms with E-state index in [2.05, 4.69) is 19.2 Å². The van der Waals surface area contributed by atoms with Gasteiger partial charge in [-0.2, -0.15) is 0 Å². The number of fused-ring (bicyclic) bond motifs is 1. The minimum Gasteiger partial charge on any atom is -0.458 e.